The molecule has 0 spiro atoms. The van der Waals surface area contributed by atoms with Gasteiger partial charge >= 0.3 is 5.63 Å². The lowest BCUT2D eigenvalue weighted by atomic mass is 9.71. The molecule has 0 bridgehead atoms. The number of aromatic hydroxyl groups is 1. The fraction of sp³-hybridized carbons (Fsp3) is 0.263. The molecule has 1 aliphatic carbocycles. The minimum atomic E-state index is -0.636. The average Bonchev–Trinajstić information content (AvgIpc) is 2.82. The molecule has 1 aromatic carbocycles. The molecule has 0 fully saturated rings. The van der Waals surface area contributed by atoms with Crippen LogP contribution < -0.4 is 11.2 Å². The summed E-state index contributed by atoms with van der Waals surface area (Å²) in [6.45, 7) is 2.14. The van der Waals surface area contributed by atoms with Gasteiger partial charge in [-0.05, 0) is 37.8 Å². The molecule has 24 heavy (non-hydrogen) atoms. The Morgan fingerprint density at radius 1 is 1.25 bits per heavy atom. The van der Waals surface area contributed by atoms with E-state index in [0.717, 1.165) is 47.8 Å². The van der Waals surface area contributed by atoms with Crippen LogP contribution in [0.3, 0.4) is 0 Å². The first-order valence-electron chi connectivity index (χ1n) is 8.07. The maximum absolute atomic E-state index is 13.1. The maximum atomic E-state index is 13.1. The van der Waals surface area contributed by atoms with Crippen LogP contribution in [-0.2, 0) is 11.8 Å². The lowest BCUT2D eigenvalue weighted by Gasteiger charge is -2.32. The van der Waals surface area contributed by atoms with E-state index in [1.165, 1.54) is 0 Å². The van der Waals surface area contributed by atoms with Crippen LogP contribution >= 0.6 is 0 Å². The summed E-state index contributed by atoms with van der Waals surface area (Å²) in [4.78, 5) is 24.9. The molecular weight excluding hydrogens is 306 g/mol. The Balaban J connectivity index is 2.10. The SMILES string of the molecule is C[C@@]12CCCc3c1n(c(=O)c1c(O)cc(=O)oc31)-c1ccccc12. The number of fused-ring (bicyclic) bond motifs is 5. The summed E-state index contributed by atoms with van der Waals surface area (Å²) in [7, 11) is 0. The first kappa shape index (κ1) is 13.6. The van der Waals surface area contributed by atoms with Crippen LogP contribution in [0.5, 0.6) is 5.75 Å². The van der Waals surface area contributed by atoms with Crippen molar-refractivity contribution < 1.29 is 9.52 Å². The highest BCUT2D eigenvalue weighted by Gasteiger charge is 2.45. The predicted octanol–water partition coefficient (Wildman–Crippen LogP) is 2.61. The molecule has 3 heterocycles. The predicted molar refractivity (Wildman–Crippen MR) is 89.1 cm³/mol. The van der Waals surface area contributed by atoms with Crippen LogP contribution in [0.2, 0.25) is 0 Å². The summed E-state index contributed by atoms with van der Waals surface area (Å²) in [6, 6.07) is 8.84. The van der Waals surface area contributed by atoms with Crippen molar-refractivity contribution in [3.05, 3.63) is 67.9 Å². The van der Waals surface area contributed by atoms with Gasteiger partial charge in [-0.3, -0.25) is 9.36 Å². The van der Waals surface area contributed by atoms with E-state index in [4.69, 9.17) is 4.42 Å². The van der Waals surface area contributed by atoms with E-state index in [9.17, 15) is 14.7 Å². The second-order valence-corrected chi connectivity index (χ2v) is 6.83. The molecule has 2 aromatic heterocycles. The minimum absolute atomic E-state index is 0.0919. The van der Waals surface area contributed by atoms with E-state index in [1.807, 2.05) is 18.2 Å². The molecule has 120 valence electrons. The van der Waals surface area contributed by atoms with Crippen LogP contribution in [0.15, 0.2) is 44.3 Å². The molecule has 2 aliphatic rings. The number of hydrogen-bond donors (Lipinski definition) is 1. The Hall–Kier alpha value is -2.82. The van der Waals surface area contributed by atoms with Gasteiger partial charge in [0.2, 0.25) is 0 Å². The Labute approximate surface area is 136 Å². The number of benzene rings is 1. The molecule has 5 nitrogen and oxygen atoms in total. The van der Waals surface area contributed by atoms with Crippen molar-refractivity contribution in [1.29, 1.82) is 0 Å². The molecule has 0 unspecified atom stereocenters. The van der Waals surface area contributed by atoms with E-state index in [2.05, 4.69) is 13.0 Å². The van der Waals surface area contributed by atoms with Crippen LogP contribution in [-0.4, -0.2) is 9.67 Å². The second-order valence-electron chi connectivity index (χ2n) is 6.83. The monoisotopic (exact) mass is 321 g/mol. The van der Waals surface area contributed by atoms with Gasteiger partial charge in [-0.15, -0.1) is 0 Å². The summed E-state index contributed by atoms with van der Waals surface area (Å²) >= 11 is 0. The average molecular weight is 321 g/mol. The zero-order chi connectivity index (χ0) is 16.6. The zero-order valence-corrected chi connectivity index (χ0v) is 13.1. The summed E-state index contributed by atoms with van der Waals surface area (Å²) < 4.78 is 7.07. The Morgan fingerprint density at radius 3 is 2.88 bits per heavy atom. The highest BCUT2D eigenvalue weighted by Crippen LogP contribution is 2.50. The van der Waals surface area contributed by atoms with Gasteiger partial charge in [-0.2, -0.15) is 0 Å². The van der Waals surface area contributed by atoms with E-state index in [1.54, 1.807) is 4.57 Å². The van der Waals surface area contributed by atoms with E-state index in [0.29, 0.717) is 0 Å². The normalized spacial score (nSPS) is 20.9. The van der Waals surface area contributed by atoms with Gasteiger partial charge in [0.05, 0.1) is 11.8 Å². The summed E-state index contributed by atoms with van der Waals surface area (Å²) in [6.07, 6.45) is 2.59. The molecular formula is C19H15NO4. The van der Waals surface area contributed by atoms with Crippen molar-refractivity contribution in [3.8, 4) is 11.4 Å². The highest BCUT2D eigenvalue weighted by atomic mass is 16.4. The van der Waals surface area contributed by atoms with Gasteiger partial charge in [-0.1, -0.05) is 18.2 Å². The Morgan fingerprint density at radius 2 is 2.04 bits per heavy atom. The summed E-state index contributed by atoms with van der Waals surface area (Å²) in [5.41, 5.74) is 2.74. The number of aryl methyl sites for hydroxylation is 1. The van der Waals surface area contributed by atoms with Crippen molar-refractivity contribution in [2.24, 2.45) is 0 Å². The number of rotatable bonds is 0. The first-order valence-corrected chi connectivity index (χ1v) is 8.07. The molecule has 0 amide bonds. The number of aromatic nitrogens is 1. The van der Waals surface area contributed by atoms with Crippen molar-refractivity contribution in [1.82, 2.24) is 4.57 Å². The topological polar surface area (TPSA) is 72.4 Å². The van der Waals surface area contributed by atoms with Crippen molar-refractivity contribution in [3.63, 3.8) is 0 Å². The number of pyridine rings is 1. The molecule has 0 saturated carbocycles. The molecule has 1 aliphatic heterocycles. The molecule has 5 heteroatoms. The van der Waals surface area contributed by atoms with E-state index >= 15 is 0 Å². The lowest BCUT2D eigenvalue weighted by molar-refractivity contribution is 0.447. The van der Waals surface area contributed by atoms with Crippen LogP contribution in [0.4, 0.5) is 0 Å². The Kier molecular flexibility index (Phi) is 2.37. The fourth-order valence-corrected chi connectivity index (χ4v) is 4.53. The van der Waals surface area contributed by atoms with Crippen molar-refractivity contribution >= 4 is 11.0 Å². The summed E-state index contributed by atoms with van der Waals surface area (Å²) in [5.74, 6) is -0.311. The van der Waals surface area contributed by atoms with Crippen molar-refractivity contribution in [2.75, 3.05) is 0 Å². The quantitative estimate of drug-likeness (QED) is 0.691. The maximum Gasteiger partial charge on any atom is 0.339 e. The number of hydrogen-bond acceptors (Lipinski definition) is 4. The largest absolute Gasteiger partial charge is 0.507 e. The van der Waals surface area contributed by atoms with Crippen LogP contribution in [0.25, 0.3) is 16.7 Å². The third-order valence-electron chi connectivity index (χ3n) is 5.51. The molecule has 1 atom stereocenters. The van der Waals surface area contributed by atoms with Gasteiger partial charge in [0.15, 0.2) is 5.58 Å². The van der Waals surface area contributed by atoms with Gasteiger partial charge in [0.1, 0.15) is 11.1 Å². The third kappa shape index (κ3) is 1.40. The van der Waals surface area contributed by atoms with Gasteiger partial charge < -0.3 is 9.52 Å². The molecule has 3 aromatic rings. The summed E-state index contributed by atoms with van der Waals surface area (Å²) in [5, 5.41) is 10.3. The molecule has 0 radical (unpaired) electrons. The number of nitrogens with zero attached hydrogens (tertiary/aromatic N) is 1. The van der Waals surface area contributed by atoms with E-state index < -0.39 is 5.63 Å². The minimum Gasteiger partial charge on any atom is -0.507 e. The molecule has 0 saturated heterocycles. The fourth-order valence-electron chi connectivity index (χ4n) is 4.53. The van der Waals surface area contributed by atoms with Gasteiger partial charge in [0, 0.05) is 16.7 Å². The van der Waals surface area contributed by atoms with Gasteiger partial charge in [0.25, 0.3) is 5.56 Å². The van der Waals surface area contributed by atoms with Crippen LogP contribution in [0.1, 0.15) is 36.6 Å². The van der Waals surface area contributed by atoms with Crippen LogP contribution in [0, 0.1) is 0 Å². The lowest BCUT2D eigenvalue weighted by Crippen LogP contribution is -2.31. The van der Waals surface area contributed by atoms with Gasteiger partial charge in [-0.25, -0.2) is 4.79 Å². The number of para-hydroxylation sites is 1. The van der Waals surface area contributed by atoms with E-state index in [-0.39, 0.29) is 27.7 Å². The standard InChI is InChI=1S/C19H15NO4/c1-19-8-4-5-10-16-15(13(21)9-14(22)24-16)18(23)20(17(10)19)12-7-3-2-6-11(12)19/h2-3,6-7,9,21H,4-5,8H2,1H3/t19-/m0/s1. The smallest absolute Gasteiger partial charge is 0.339 e. The highest BCUT2D eigenvalue weighted by molar-refractivity contribution is 5.87. The first-order chi connectivity index (χ1) is 11.5. The third-order valence-corrected chi connectivity index (χ3v) is 5.51. The second kappa shape index (κ2) is 4.17. The Bertz CT molecular complexity index is 1150. The molecule has 1 N–H and O–H groups in total. The zero-order valence-electron chi connectivity index (χ0n) is 13.1. The van der Waals surface area contributed by atoms with Crippen molar-refractivity contribution in [2.45, 2.75) is 31.6 Å². The molecule has 5 rings (SSSR count).